The standard InChI is InChI=1S/C21H19Cl10NO4/c1-2-36-11(34)8-32-5-3-9(4-6-32)10(33)7-12(35)13(22)15(24)17(26)14(12,23)18(27)16(13,25)19(15,28)21(30,31)20(17,18)29/h9,35H,2-8H2,1H3. The Kier molecular flexibility index (Phi) is 5.55. The second-order valence-corrected chi connectivity index (χ2v) is 16.6. The van der Waals surface area contributed by atoms with Gasteiger partial charge in [-0.1, -0.05) is 23.2 Å². The maximum absolute atomic E-state index is 13.6. The van der Waals surface area contributed by atoms with Gasteiger partial charge in [0.1, 0.15) is 50.4 Å². The van der Waals surface area contributed by atoms with E-state index in [0.717, 1.165) is 0 Å². The molecule has 36 heavy (non-hydrogen) atoms. The molecule has 0 radical (unpaired) electrons. The number of carbonyl (C=O) groups excluding carboxylic acids is 2. The zero-order valence-corrected chi connectivity index (χ0v) is 26.0. The SMILES string of the molecule is CCOC(=O)CN1CCC(C(=O)CC2(O)C3(Cl)C4(Cl)C5(Cl)C(Cl)(Cl)C6(Cl)C4(Cl)C2(Cl)C6(Cl)C53Cl)CC1. The number of nitrogens with zero attached hydrogens (tertiary/aromatic N) is 1. The van der Waals surface area contributed by atoms with Crippen LogP contribution in [0.25, 0.3) is 0 Å². The lowest BCUT2D eigenvalue weighted by molar-refractivity contribution is -0.144. The molecule has 0 aromatic heterocycles. The molecule has 1 aliphatic heterocycles. The highest BCUT2D eigenvalue weighted by Crippen LogP contribution is 3.12. The zero-order chi connectivity index (χ0) is 27.0. The molecule has 15 heteroatoms. The quantitative estimate of drug-likeness (QED) is 0.311. The van der Waals surface area contributed by atoms with Crippen LogP contribution < -0.4 is 0 Å². The highest BCUT2D eigenvalue weighted by atomic mass is 35.5. The summed E-state index contributed by atoms with van der Waals surface area (Å²) in [6.45, 7) is 3.14. The van der Waals surface area contributed by atoms with Gasteiger partial charge in [0.05, 0.1) is 13.2 Å². The monoisotopic (exact) mass is 699 g/mol. The highest BCUT2D eigenvalue weighted by Gasteiger charge is 3.32. The second-order valence-electron chi connectivity index (χ2n) is 10.7. The van der Waals surface area contributed by atoms with Gasteiger partial charge in [-0.25, -0.2) is 0 Å². The number of esters is 1. The summed E-state index contributed by atoms with van der Waals surface area (Å²) in [4.78, 5) is 11.1. The maximum atomic E-state index is 13.6. The first kappa shape index (κ1) is 28.1. The van der Waals surface area contributed by atoms with E-state index in [1.165, 1.54) is 0 Å². The summed E-state index contributed by atoms with van der Waals surface area (Å²) < 4.78 is 2.92. The number of alkyl halides is 10. The summed E-state index contributed by atoms with van der Waals surface area (Å²) >= 11 is 70.0. The minimum Gasteiger partial charge on any atom is -0.465 e. The first-order chi connectivity index (χ1) is 16.3. The molecule has 0 spiro atoms. The van der Waals surface area contributed by atoms with Crippen molar-refractivity contribution < 1.29 is 19.4 Å². The lowest BCUT2D eigenvalue weighted by atomic mass is 9.41. The highest BCUT2D eigenvalue weighted by molar-refractivity contribution is 6.78. The Bertz CT molecular complexity index is 1040. The van der Waals surface area contributed by atoms with Gasteiger partial charge in [-0.05, 0) is 32.9 Å². The van der Waals surface area contributed by atoms with Crippen LogP contribution in [0.15, 0.2) is 0 Å². The van der Waals surface area contributed by atoms with Crippen molar-refractivity contribution in [3.05, 3.63) is 0 Å². The van der Waals surface area contributed by atoms with E-state index in [4.69, 9.17) is 121 Å². The molecular formula is C21H19Cl10NO4. The lowest BCUT2D eigenvalue weighted by Crippen LogP contribution is -3.03. The topological polar surface area (TPSA) is 66.8 Å². The normalized spacial score (nSPS) is 59.7. The fourth-order valence-electron chi connectivity index (χ4n) is 8.59. The lowest BCUT2D eigenvalue weighted by Gasteiger charge is -2.81. The van der Waals surface area contributed by atoms with Crippen LogP contribution in [0.2, 0.25) is 0 Å². The van der Waals surface area contributed by atoms with Gasteiger partial charge in [-0.3, -0.25) is 14.5 Å². The Labute approximate surface area is 257 Å². The molecule has 7 fully saturated rings. The summed E-state index contributed by atoms with van der Waals surface area (Å²) in [5.41, 5.74) is -2.30. The van der Waals surface area contributed by atoms with Crippen LogP contribution >= 0.6 is 116 Å². The van der Waals surface area contributed by atoms with E-state index in [0.29, 0.717) is 32.5 Å². The molecule has 1 heterocycles. The van der Waals surface area contributed by atoms with Crippen LogP contribution in [0.1, 0.15) is 26.2 Å². The number of likely N-dealkylation sites (tertiary alicyclic amines) is 1. The Balaban J connectivity index is 1.32. The van der Waals surface area contributed by atoms with Crippen molar-refractivity contribution in [1.82, 2.24) is 4.90 Å². The summed E-state index contributed by atoms with van der Waals surface area (Å²) in [5, 5.41) is 12.2. The molecule has 5 nitrogen and oxygen atoms in total. The summed E-state index contributed by atoms with van der Waals surface area (Å²) in [6.07, 6.45) is 0.354. The van der Waals surface area contributed by atoms with Gasteiger partial charge < -0.3 is 9.84 Å². The van der Waals surface area contributed by atoms with Gasteiger partial charge in [-0.2, -0.15) is 0 Å². The molecule has 7 aliphatic rings. The zero-order valence-electron chi connectivity index (χ0n) is 18.4. The number of ketones is 1. The van der Waals surface area contributed by atoms with Gasteiger partial charge >= 0.3 is 5.97 Å². The van der Waals surface area contributed by atoms with Crippen molar-refractivity contribution in [1.29, 1.82) is 0 Å². The molecule has 0 amide bonds. The smallest absolute Gasteiger partial charge is 0.320 e. The number of aliphatic hydroxyl groups is 1. The van der Waals surface area contributed by atoms with E-state index >= 15 is 0 Å². The van der Waals surface area contributed by atoms with Gasteiger partial charge in [-0.15, -0.1) is 92.8 Å². The molecule has 0 aromatic rings. The van der Waals surface area contributed by atoms with E-state index in [2.05, 4.69) is 0 Å². The third-order valence-electron chi connectivity index (χ3n) is 9.88. The number of hydrogen-bond acceptors (Lipinski definition) is 5. The third kappa shape index (κ3) is 1.85. The van der Waals surface area contributed by atoms with Crippen molar-refractivity contribution in [2.75, 3.05) is 26.2 Å². The minimum absolute atomic E-state index is 0.134. The Morgan fingerprint density at radius 1 is 0.778 bits per heavy atom. The third-order valence-corrected chi connectivity index (χ3v) is 19.2. The fraction of sp³-hybridized carbons (Fsp3) is 0.905. The Morgan fingerprint density at radius 3 is 1.58 bits per heavy atom. The number of ether oxygens (including phenoxy) is 1. The molecular weight excluding hydrogens is 685 g/mol. The molecule has 7 rings (SSSR count). The molecule has 1 N–H and O–H groups in total. The predicted molar refractivity (Wildman–Crippen MR) is 143 cm³/mol. The van der Waals surface area contributed by atoms with Crippen LogP contribution in [0.3, 0.4) is 0 Å². The number of carbonyl (C=O) groups is 2. The molecule has 0 aromatic carbocycles. The van der Waals surface area contributed by atoms with E-state index in [1.54, 1.807) is 6.92 Å². The molecule has 6 saturated carbocycles. The summed E-state index contributed by atoms with van der Waals surface area (Å²) in [6, 6.07) is 0. The molecule has 6 aliphatic carbocycles. The number of Topliss-reactive ketones (excluding diaryl/α,β-unsaturated/α-hetero) is 1. The van der Waals surface area contributed by atoms with Crippen molar-refractivity contribution in [2.24, 2.45) is 5.92 Å². The number of piperidine rings is 1. The van der Waals surface area contributed by atoms with E-state index in [1.807, 2.05) is 4.90 Å². The Morgan fingerprint density at radius 2 is 1.19 bits per heavy atom. The first-order valence-corrected chi connectivity index (χ1v) is 15.1. The molecule has 1 saturated heterocycles. The van der Waals surface area contributed by atoms with Crippen molar-refractivity contribution in [3.63, 3.8) is 0 Å². The Hall–Kier alpha value is 1.96. The summed E-state index contributed by atoms with van der Waals surface area (Å²) in [7, 11) is 0. The van der Waals surface area contributed by atoms with Gasteiger partial charge in [0.2, 0.25) is 0 Å². The average molecular weight is 704 g/mol. The van der Waals surface area contributed by atoms with Crippen LogP contribution in [0.5, 0.6) is 0 Å². The van der Waals surface area contributed by atoms with Crippen molar-refractivity contribution in [2.45, 2.75) is 75.1 Å². The van der Waals surface area contributed by atoms with Crippen LogP contribution in [-0.2, 0) is 14.3 Å². The average Bonchev–Trinajstić information content (AvgIpc) is 3.02. The number of rotatable bonds is 6. The van der Waals surface area contributed by atoms with E-state index < -0.39 is 61.3 Å². The van der Waals surface area contributed by atoms with Gasteiger partial charge in [0, 0.05) is 12.3 Å². The number of halogens is 10. The van der Waals surface area contributed by atoms with Crippen molar-refractivity contribution in [3.8, 4) is 0 Å². The summed E-state index contributed by atoms with van der Waals surface area (Å²) in [5.74, 6) is -1.10. The fourth-order valence-corrected chi connectivity index (χ4v) is 17.4. The maximum Gasteiger partial charge on any atom is 0.320 e. The van der Waals surface area contributed by atoms with E-state index in [9.17, 15) is 14.7 Å². The van der Waals surface area contributed by atoms with Gasteiger partial charge in [0.25, 0.3) is 0 Å². The van der Waals surface area contributed by atoms with Gasteiger partial charge in [0.15, 0.2) is 4.33 Å². The molecule has 4 atom stereocenters. The largest absolute Gasteiger partial charge is 0.465 e. The predicted octanol–water partition coefficient (Wildman–Crippen LogP) is 5.01. The first-order valence-electron chi connectivity index (χ1n) is 11.3. The van der Waals surface area contributed by atoms with Crippen LogP contribution in [0.4, 0.5) is 0 Å². The molecule has 4 bridgehead atoms. The molecule has 202 valence electrons. The minimum atomic E-state index is -2.30. The molecule has 4 unspecified atom stereocenters. The van der Waals surface area contributed by atoms with Crippen LogP contribution in [-0.4, -0.2) is 96.9 Å². The second kappa shape index (κ2) is 7.11. The van der Waals surface area contributed by atoms with Crippen LogP contribution in [0, 0.1) is 5.92 Å². The van der Waals surface area contributed by atoms with Crippen molar-refractivity contribution >= 4 is 128 Å². The number of hydrogen-bond donors (Lipinski definition) is 1. The van der Waals surface area contributed by atoms with E-state index in [-0.39, 0.29) is 18.3 Å².